The Hall–Kier alpha value is -1.55. The third-order valence-electron chi connectivity index (χ3n) is 2.65. The van der Waals surface area contributed by atoms with Gasteiger partial charge < -0.3 is 10.2 Å². The van der Waals surface area contributed by atoms with Crippen molar-refractivity contribution in [3.63, 3.8) is 0 Å². The van der Waals surface area contributed by atoms with Crippen LogP contribution in [0.5, 0.6) is 0 Å². The van der Waals surface area contributed by atoms with Gasteiger partial charge in [0.15, 0.2) is 0 Å². The van der Waals surface area contributed by atoms with E-state index in [1.165, 1.54) is 4.90 Å². The first-order chi connectivity index (χ1) is 8.75. The van der Waals surface area contributed by atoms with Gasteiger partial charge in [0.05, 0.1) is 0 Å². The Kier molecular flexibility index (Phi) is 4.95. The fourth-order valence-corrected chi connectivity index (χ4v) is 1.99. The van der Waals surface area contributed by atoms with Gasteiger partial charge in [-0.25, -0.2) is 0 Å². The fraction of sp³-hybridized carbons (Fsp3) is 0.429. The molecule has 0 spiro atoms. The van der Waals surface area contributed by atoms with Gasteiger partial charge in [0.25, 0.3) is 0 Å². The van der Waals surface area contributed by atoms with Crippen molar-refractivity contribution < 1.29 is 9.59 Å². The number of amides is 2. The highest BCUT2D eigenvalue weighted by Crippen LogP contribution is 2.16. The predicted octanol–water partition coefficient (Wildman–Crippen LogP) is 2.93. The molecule has 4 nitrogen and oxygen atoms in total. The van der Waals surface area contributed by atoms with Crippen molar-refractivity contribution in [3.05, 3.63) is 29.3 Å². The molecule has 0 aromatic heterocycles. The highest BCUT2D eigenvalue weighted by molar-refractivity contribution is 6.39. The Morgan fingerprint density at radius 2 is 1.95 bits per heavy atom. The summed E-state index contributed by atoms with van der Waals surface area (Å²) in [5.41, 5.74) is 0.119. The second kappa shape index (κ2) is 6.06. The van der Waals surface area contributed by atoms with Crippen LogP contribution in [0.25, 0.3) is 0 Å². The Morgan fingerprint density at radius 3 is 2.42 bits per heavy atom. The molecule has 0 fully saturated rings. The van der Waals surface area contributed by atoms with E-state index in [2.05, 4.69) is 5.32 Å². The molecule has 1 aromatic carbocycles. The van der Waals surface area contributed by atoms with Gasteiger partial charge in [-0.05, 0) is 45.9 Å². The van der Waals surface area contributed by atoms with E-state index in [4.69, 9.17) is 11.6 Å². The van der Waals surface area contributed by atoms with Crippen LogP contribution in [0.1, 0.15) is 27.7 Å². The van der Waals surface area contributed by atoms with Crippen molar-refractivity contribution in [1.29, 1.82) is 0 Å². The highest BCUT2D eigenvalue weighted by Gasteiger charge is 2.29. The summed E-state index contributed by atoms with van der Waals surface area (Å²) >= 11 is 5.82. The summed E-state index contributed by atoms with van der Waals surface area (Å²) in [5, 5.41) is 3.06. The molecule has 0 aliphatic carbocycles. The van der Waals surface area contributed by atoms with Gasteiger partial charge in [0.1, 0.15) is 0 Å². The summed E-state index contributed by atoms with van der Waals surface area (Å²) < 4.78 is 0. The molecule has 0 heterocycles. The maximum Gasteiger partial charge on any atom is 0.313 e. The van der Waals surface area contributed by atoms with Gasteiger partial charge >= 0.3 is 11.8 Å². The van der Waals surface area contributed by atoms with Crippen LogP contribution in [0.2, 0.25) is 5.02 Å². The largest absolute Gasteiger partial charge is 0.330 e. The summed E-state index contributed by atoms with van der Waals surface area (Å²) in [6, 6.07) is 6.70. The SMILES string of the molecule is CCN(C(=O)C(=O)Nc1cccc(Cl)c1)C(C)(C)C. The normalized spacial score (nSPS) is 11.0. The molecular weight excluding hydrogens is 264 g/mol. The molecule has 2 amide bonds. The molecule has 1 rings (SSSR count). The number of halogens is 1. The summed E-state index contributed by atoms with van der Waals surface area (Å²) in [7, 11) is 0. The summed E-state index contributed by atoms with van der Waals surface area (Å²) in [6.45, 7) is 7.99. The van der Waals surface area contributed by atoms with E-state index in [0.29, 0.717) is 17.3 Å². The van der Waals surface area contributed by atoms with E-state index in [9.17, 15) is 9.59 Å². The van der Waals surface area contributed by atoms with Crippen molar-refractivity contribution in [2.75, 3.05) is 11.9 Å². The molecule has 0 aliphatic rings. The zero-order valence-electron chi connectivity index (χ0n) is 11.7. The molecule has 0 saturated carbocycles. The first kappa shape index (κ1) is 15.5. The number of nitrogens with zero attached hydrogens (tertiary/aromatic N) is 1. The van der Waals surface area contributed by atoms with Crippen LogP contribution < -0.4 is 5.32 Å². The van der Waals surface area contributed by atoms with Crippen LogP contribution in [0, 0.1) is 0 Å². The summed E-state index contributed by atoms with van der Waals surface area (Å²) in [5.74, 6) is -1.20. The number of carbonyl (C=O) groups is 2. The Morgan fingerprint density at radius 1 is 1.32 bits per heavy atom. The first-order valence-corrected chi connectivity index (χ1v) is 6.52. The third kappa shape index (κ3) is 4.24. The van der Waals surface area contributed by atoms with Crippen molar-refractivity contribution in [2.24, 2.45) is 0 Å². The minimum absolute atomic E-state index is 0.391. The van der Waals surface area contributed by atoms with Crippen LogP contribution in [-0.2, 0) is 9.59 Å². The van der Waals surface area contributed by atoms with E-state index in [1.807, 2.05) is 27.7 Å². The van der Waals surface area contributed by atoms with Crippen LogP contribution in [0.15, 0.2) is 24.3 Å². The lowest BCUT2D eigenvalue weighted by Gasteiger charge is -2.34. The monoisotopic (exact) mass is 282 g/mol. The Labute approximate surface area is 118 Å². The number of hydrogen-bond acceptors (Lipinski definition) is 2. The van der Waals surface area contributed by atoms with Crippen molar-refractivity contribution in [2.45, 2.75) is 33.2 Å². The molecular formula is C14H19ClN2O2. The molecule has 0 bridgehead atoms. The van der Waals surface area contributed by atoms with E-state index in [1.54, 1.807) is 24.3 Å². The highest BCUT2D eigenvalue weighted by atomic mass is 35.5. The van der Waals surface area contributed by atoms with E-state index >= 15 is 0 Å². The average molecular weight is 283 g/mol. The van der Waals surface area contributed by atoms with Gasteiger partial charge in [-0.15, -0.1) is 0 Å². The lowest BCUT2D eigenvalue weighted by atomic mass is 10.1. The lowest BCUT2D eigenvalue weighted by Crippen LogP contribution is -2.49. The second-order valence-electron chi connectivity index (χ2n) is 5.18. The number of carbonyl (C=O) groups excluding carboxylic acids is 2. The average Bonchev–Trinajstić information content (AvgIpc) is 2.27. The molecule has 0 saturated heterocycles. The second-order valence-corrected chi connectivity index (χ2v) is 5.62. The molecule has 0 atom stereocenters. The molecule has 0 unspecified atom stereocenters. The quantitative estimate of drug-likeness (QED) is 0.848. The molecule has 1 N–H and O–H groups in total. The summed E-state index contributed by atoms with van der Waals surface area (Å²) in [4.78, 5) is 25.5. The Bertz CT molecular complexity index is 481. The van der Waals surface area contributed by atoms with Crippen LogP contribution in [0.4, 0.5) is 5.69 Å². The molecule has 0 aliphatic heterocycles. The fourth-order valence-electron chi connectivity index (χ4n) is 1.80. The van der Waals surface area contributed by atoms with Gasteiger partial charge in [0, 0.05) is 22.8 Å². The molecule has 0 radical (unpaired) electrons. The zero-order valence-corrected chi connectivity index (χ0v) is 12.4. The van der Waals surface area contributed by atoms with E-state index < -0.39 is 17.4 Å². The topological polar surface area (TPSA) is 49.4 Å². The first-order valence-electron chi connectivity index (χ1n) is 6.14. The number of hydrogen-bond donors (Lipinski definition) is 1. The predicted molar refractivity (Wildman–Crippen MR) is 77.2 cm³/mol. The molecule has 1 aromatic rings. The van der Waals surface area contributed by atoms with E-state index in [0.717, 1.165) is 0 Å². The van der Waals surface area contributed by atoms with Gasteiger partial charge in [-0.2, -0.15) is 0 Å². The standard InChI is InChI=1S/C14H19ClN2O2/c1-5-17(14(2,3)4)13(19)12(18)16-11-8-6-7-10(15)9-11/h6-9H,5H2,1-4H3,(H,16,18). The number of rotatable bonds is 2. The third-order valence-corrected chi connectivity index (χ3v) is 2.88. The van der Waals surface area contributed by atoms with Gasteiger partial charge in [0.2, 0.25) is 0 Å². The Balaban J connectivity index is 2.80. The lowest BCUT2D eigenvalue weighted by molar-refractivity contribution is -0.146. The van der Waals surface area contributed by atoms with Crippen LogP contribution >= 0.6 is 11.6 Å². The van der Waals surface area contributed by atoms with Crippen molar-refractivity contribution in [1.82, 2.24) is 4.90 Å². The maximum absolute atomic E-state index is 12.1. The minimum Gasteiger partial charge on any atom is -0.330 e. The van der Waals surface area contributed by atoms with Crippen LogP contribution in [0.3, 0.4) is 0 Å². The van der Waals surface area contributed by atoms with Crippen molar-refractivity contribution in [3.8, 4) is 0 Å². The maximum atomic E-state index is 12.1. The smallest absolute Gasteiger partial charge is 0.313 e. The molecule has 5 heteroatoms. The molecule has 104 valence electrons. The van der Waals surface area contributed by atoms with Gasteiger partial charge in [-0.1, -0.05) is 17.7 Å². The number of nitrogens with one attached hydrogen (secondary N) is 1. The number of benzene rings is 1. The van der Waals surface area contributed by atoms with Gasteiger partial charge in [-0.3, -0.25) is 9.59 Å². The number of anilines is 1. The zero-order chi connectivity index (χ0) is 14.6. The number of likely N-dealkylation sites (N-methyl/N-ethyl adjacent to an activating group) is 1. The van der Waals surface area contributed by atoms with Crippen molar-refractivity contribution >= 4 is 29.1 Å². The summed E-state index contributed by atoms with van der Waals surface area (Å²) in [6.07, 6.45) is 0. The molecule has 19 heavy (non-hydrogen) atoms. The minimum atomic E-state index is -0.654. The van der Waals surface area contributed by atoms with Crippen LogP contribution in [-0.4, -0.2) is 28.8 Å². The van der Waals surface area contributed by atoms with E-state index in [-0.39, 0.29) is 0 Å².